The Kier molecular flexibility index (Phi) is 7.06. The first kappa shape index (κ1) is 19.1. The highest BCUT2D eigenvalue weighted by Gasteiger charge is 2.26. The molecule has 0 aliphatic carbocycles. The minimum Gasteiger partial charge on any atom is -0.490 e. The Labute approximate surface area is 147 Å². The van der Waals surface area contributed by atoms with Crippen LogP contribution in [-0.4, -0.2) is 48.9 Å². The highest BCUT2D eigenvalue weighted by atomic mass is 16.5. The lowest BCUT2D eigenvalue weighted by Gasteiger charge is -2.23. The summed E-state index contributed by atoms with van der Waals surface area (Å²) in [6, 6.07) is 4.68. The van der Waals surface area contributed by atoms with Crippen molar-refractivity contribution in [2.75, 3.05) is 19.8 Å². The van der Waals surface area contributed by atoms with E-state index in [4.69, 9.17) is 19.3 Å². The molecule has 1 fully saturated rings. The van der Waals surface area contributed by atoms with E-state index in [9.17, 15) is 9.59 Å². The molecule has 1 aromatic carbocycles. The van der Waals surface area contributed by atoms with E-state index in [1.54, 1.807) is 25.1 Å². The second kappa shape index (κ2) is 9.27. The number of rotatable bonds is 9. The predicted molar refractivity (Wildman–Crippen MR) is 91.3 cm³/mol. The number of amides is 1. The monoisotopic (exact) mass is 351 g/mol. The second-order valence-corrected chi connectivity index (χ2v) is 5.82. The van der Waals surface area contributed by atoms with Crippen molar-refractivity contribution in [1.82, 2.24) is 5.32 Å². The second-order valence-electron chi connectivity index (χ2n) is 5.82. The molecule has 25 heavy (non-hydrogen) atoms. The highest BCUT2D eigenvalue weighted by Crippen LogP contribution is 2.29. The molecule has 1 aromatic rings. The lowest BCUT2D eigenvalue weighted by atomic mass is 10.0. The van der Waals surface area contributed by atoms with Crippen molar-refractivity contribution in [2.45, 2.75) is 45.3 Å². The fourth-order valence-corrected chi connectivity index (χ4v) is 2.81. The summed E-state index contributed by atoms with van der Waals surface area (Å²) < 4.78 is 16.3. The van der Waals surface area contributed by atoms with Gasteiger partial charge in [0, 0.05) is 12.2 Å². The summed E-state index contributed by atoms with van der Waals surface area (Å²) >= 11 is 0. The van der Waals surface area contributed by atoms with Crippen molar-refractivity contribution in [2.24, 2.45) is 0 Å². The molecule has 2 rings (SSSR count). The Morgan fingerprint density at radius 1 is 1.32 bits per heavy atom. The van der Waals surface area contributed by atoms with Gasteiger partial charge in [-0.2, -0.15) is 0 Å². The van der Waals surface area contributed by atoms with Crippen LogP contribution in [0.5, 0.6) is 11.5 Å². The van der Waals surface area contributed by atoms with Crippen LogP contribution in [0.15, 0.2) is 18.2 Å². The Balaban J connectivity index is 2.09. The SMILES string of the molecule is CCOc1cc(C(=O)NC(CC)C2CCCO2)ccc1OCC(=O)O. The van der Waals surface area contributed by atoms with Crippen LogP contribution in [0.25, 0.3) is 0 Å². The van der Waals surface area contributed by atoms with Gasteiger partial charge in [-0.1, -0.05) is 6.92 Å². The lowest BCUT2D eigenvalue weighted by molar-refractivity contribution is -0.139. The quantitative estimate of drug-likeness (QED) is 0.709. The Morgan fingerprint density at radius 3 is 2.72 bits per heavy atom. The lowest BCUT2D eigenvalue weighted by Crippen LogP contribution is -2.42. The third-order valence-electron chi connectivity index (χ3n) is 4.03. The number of carbonyl (C=O) groups is 2. The molecule has 1 saturated heterocycles. The largest absolute Gasteiger partial charge is 0.490 e. The number of nitrogens with one attached hydrogen (secondary N) is 1. The Morgan fingerprint density at radius 2 is 2.12 bits per heavy atom. The van der Waals surface area contributed by atoms with Crippen molar-refractivity contribution in [3.63, 3.8) is 0 Å². The topological polar surface area (TPSA) is 94.1 Å². The van der Waals surface area contributed by atoms with Crippen molar-refractivity contribution in [3.8, 4) is 11.5 Å². The molecule has 138 valence electrons. The maximum Gasteiger partial charge on any atom is 0.341 e. The molecule has 0 radical (unpaired) electrons. The van der Waals surface area contributed by atoms with Crippen LogP contribution in [0.4, 0.5) is 0 Å². The van der Waals surface area contributed by atoms with Gasteiger partial charge in [0.1, 0.15) is 0 Å². The number of hydrogen-bond donors (Lipinski definition) is 2. The number of aliphatic carboxylic acids is 1. The fraction of sp³-hybridized carbons (Fsp3) is 0.556. The van der Waals surface area contributed by atoms with Crippen LogP contribution in [0.1, 0.15) is 43.5 Å². The molecule has 1 aliphatic rings. The Hall–Kier alpha value is -2.28. The van der Waals surface area contributed by atoms with Crippen LogP contribution >= 0.6 is 0 Å². The van der Waals surface area contributed by atoms with Crippen molar-refractivity contribution in [3.05, 3.63) is 23.8 Å². The van der Waals surface area contributed by atoms with Gasteiger partial charge in [-0.05, 0) is 44.4 Å². The molecule has 0 aromatic heterocycles. The molecule has 7 heteroatoms. The predicted octanol–water partition coefficient (Wildman–Crippen LogP) is 2.24. The molecule has 2 atom stereocenters. The van der Waals surface area contributed by atoms with E-state index < -0.39 is 12.6 Å². The molecular weight excluding hydrogens is 326 g/mol. The maximum atomic E-state index is 12.5. The van der Waals surface area contributed by atoms with Crippen LogP contribution in [-0.2, 0) is 9.53 Å². The average molecular weight is 351 g/mol. The van der Waals surface area contributed by atoms with Crippen molar-refractivity contribution >= 4 is 11.9 Å². The number of carboxylic acids is 1. The molecule has 1 aliphatic heterocycles. The summed E-state index contributed by atoms with van der Waals surface area (Å²) in [6.45, 7) is 4.46. The van der Waals surface area contributed by atoms with E-state index in [1.165, 1.54) is 0 Å². The summed E-state index contributed by atoms with van der Waals surface area (Å²) in [5.41, 5.74) is 0.433. The minimum atomic E-state index is -1.08. The summed E-state index contributed by atoms with van der Waals surface area (Å²) in [5, 5.41) is 11.7. The number of ether oxygens (including phenoxy) is 3. The van der Waals surface area contributed by atoms with Gasteiger partial charge in [-0.25, -0.2) is 4.79 Å². The van der Waals surface area contributed by atoms with Gasteiger partial charge in [0.15, 0.2) is 18.1 Å². The summed E-state index contributed by atoms with van der Waals surface area (Å²) in [7, 11) is 0. The highest BCUT2D eigenvalue weighted by molar-refractivity contribution is 5.95. The van der Waals surface area contributed by atoms with Gasteiger partial charge in [-0.3, -0.25) is 4.79 Å². The third kappa shape index (κ3) is 5.35. The Bertz CT molecular complexity index is 597. The zero-order chi connectivity index (χ0) is 18.2. The van der Waals surface area contributed by atoms with E-state index in [-0.39, 0.29) is 18.1 Å². The first-order valence-electron chi connectivity index (χ1n) is 8.59. The molecule has 7 nitrogen and oxygen atoms in total. The maximum absolute atomic E-state index is 12.5. The zero-order valence-electron chi connectivity index (χ0n) is 14.6. The summed E-state index contributed by atoms with van der Waals surface area (Å²) in [6.07, 6.45) is 2.80. The molecule has 0 spiro atoms. The smallest absolute Gasteiger partial charge is 0.341 e. The van der Waals surface area contributed by atoms with E-state index in [1.807, 2.05) is 6.92 Å². The van der Waals surface area contributed by atoms with Crippen LogP contribution < -0.4 is 14.8 Å². The molecule has 1 heterocycles. The van der Waals surface area contributed by atoms with Crippen LogP contribution in [0.3, 0.4) is 0 Å². The molecule has 1 amide bonds. The van der Waals surface area contributed by atoms with E-state index in [0.717, 1.165) is 25.9 Å². The molecule has 2 unspecified atom stereocenters. The first-order chi connectivity index (χ1) is 12.0. The molecule has 2 N–H and O–H groups in total. The molecule has 0 saturated carbocycles. The fourth-order valence-electron chi connectivity index (χ4n) is 2.81. The number of benzene rings is 1. The van der Waals surface area contributed by atoms with Crippen LogP contribution in [0.2, 0.25) is 0 Å². The number of carbonyl (C=O) groups excluding carboxylic acids is 1. The van der Waals surface area contributed by atoms with Crippen LogP contribution in [0, 0.1) is 0 Å². The minimum absolute atomic E-state index is 0.0338. The van der Waals surface area contributed by atoms with Crippen molar-refractivity contribution < 1.29 is 28.9 Å². The van der Waals surface area contributed by atoms with Crippen molar-refractivity contribution in [1.29, 1.82) is 0 Å². The van der Waals surface area contributed by atoms with Gasteiger partial charge in [0.2, 0.25) is 0 Å². The third-order valence-corrected chi connectivity index (χ3v) is 4.03. The van der Waals surface area contributed by atoms with E-state index >= 15 is 0 Å². The first-order valence-corrected chi connectivity index (χ1v) is 8.59. The zero-order valence-corrected chi connectivity index (χ0v) is 14.6. The van der Waals surface area contributed by atoms with Gasteiger partial charge >= 0.3 is 5.97 Å². The number of carboxylic acid groups (broad SMARTS) is 1. The molecular formula is C18H25NO6. The van der Waals surface area contributed by atoms with Gasteiger partial charge in [0.05, 0.1) is 18.8 Å². The standard InChI is InChI=1S/C18H25NO6/c1-3-13(14-6-5-9-24-14)19-18(22)12-7-8-15(25-11-17(20)21)16(10-12)23-4-2/h7-8,10,13-14H,3-6,9,11H2,1-2H3,(H,19,22)(H,20,21). The normalized spacial score (nSPS) is 17.8. The van der Waals surface area contributed by atoms with E-state index in [0.29, 0.717) is 23.7 Å². The summed E-state index contributed by atoms with van der Waals surface area (Å²) in [5.74, 6) is -0.645. The number of hydrogen-bond acceptors (Lipinski definition) is 5. The van der Waals surface area contributed by atoms with E-state index in [2.05, 4.69) is 5.32 Å². The average Bonchev–Trinajstić information content (AvgIpc) is 3.12. The van der Waals surface area contributed by atoms with Gasteiger partial charge < -0.3 is 24.6 Å². The molecule has 0 bridgehead atoms. The van der Waals surface area contributed by atoms with Gasteiger partial charge in [0.25, 0.3) is 5.91 Å². The summed E-state index contributed by atoms with van der Waals surface area (Å²) in [4.78, 5) is 23.2. The van der Waals surface area contributed by atoms with Gasteiger partial charge in [-0.15, -0.1) is 0 Å².